The number of rotatable bonds is 6. The standard InChI is InChI=1S/C21H16N4O3S/c26-18-11-10-13(12-15(18)21(27)28)22-19-20(25-29-14-6-2-1-3-7-14)24-17-9-5-4-8-16(17)23-19/h1-12,26H,(H,22,23)(H,24,25)(H,27,28). The molecule has 4 rings (SSSR count). The Kier molecular flexibility index (Phi) is 5.17. The highest BCUT2D eigenvalue weighted by molar-refractivity contribution is 8.00. The third-order valence-electron chi connectivity index (χ3n) is 4.07. The predicted octanol–water partition coefficient (Wildman–Crippen LogP) is 4.90. The monoisotopic (exact) mass is 404 g/mol. The van der Waals surface area contributed by atoms with Crippen molar-refractivity contribution in [2.45, 2.75) is 4.90 Å². The minimum absolute atomic E-state index is 0.197. The molecule has 144 valence electrons. The van der Waals surface area contributed by atoms with Crippen molar-refractivity contribution >= 4 is 46.3 Å². The highest BCUT2D eigenvalue weighted by Crippen LogP contribution is 2.30. The Morgan fingerprint density at radius 2 is 1.52 bits per heavy atom. The molecule has 1 aromatic heterocycles. The number of nitrogens with one attached hydrogen (secondary N) is 2. The quantitative estimate of drug-likeness (QED) is 0.266. The minimum atomic E-state index is -1.21. The number of fused-ring (bicyclic) bond motifs is 1. The second-order valence-electron chi connectivity index (χ2n) is 6.09. The number of para-hydroxylation sites is 2. The van der Waals surface area contributed by atoms with Gasteiger partial charge in [0.2, 0.25) is 0 Å². The molecule has 0 saturated heterocycles. The average Bonchev–Trinajstić information content (AvgIpc) is 2.74. The smallest absolute Gasteiger partial charge is 0.339 e. The molecule has 0 amide bonds. The zero-order valence-corrected chi connectivity index (χ0v) is 15.9. The van der Waals surface area contributed by atoms with Crippen LogP contribution < -0.4 is 10.0 Å². The SMILES string of the molecule is O=C(O)c1cc(Nc2nc3ccccc3nc2NSc2ccccc2)ccc1O. The number of aromatic hydroxyl groups is 1. The maximum Gasteiger partial charge on any atom is 0.339 e. The van der Waals surface area contributed by atoms with Crippen LogP contribution in [0.1, 0.15) is 10.4 Å². The summed E-state index contributed by atoms with van der Waals surface area (Å²) in [6.45, 7) is 0. The van der Waals surface area contributed by atoms with E-state index in [1.165, 1.54) is 24.1 Å². The van der Waals surface area contributed by atoms with Crippen LogP contribution in [0, 0.1) is 0 Å². The van der Waals surface area contributed by atoms with E-state index < -0.39 is 5.97 Å². The summed E-state index contributed by atoms with van der Waals surface area (Å²) in [5, 5.41) is 22.1. The number of benzene rings is 3. The van der Waals surface area contributed by atoms with E-state index in [0.29, 0.717) is 22.8 Å². The van der Waals surface area contributed by atoms with Crippen molar-refractivity contribution < 1.29 is 15.0 Å². The first kappa shape index (κ1) is 18.6. The molecule has 4 aromatic rings. The van der Waals surface area contributed by atoms with Crippen LogP contribution in [0.4, 0.5) is 17.3 Å². The van der Waals surface area contributed by atoms with Crippen LogP contribution in [0.3, 0.4) is 0 Å². The largest absolute Gasteiger partial charge is 0.507 e. The fourth-order valence-electron chi connectivity index (χ4n) is 2.68. The first-order chi connectivity index (χ1) is 14.1. The first-order valence-corrected chi connectivity index (χ1v) is 9.50. The molecule has 0 unspecified atom stereocenters. The Labute approximate surface area is 170 Å². The molecule has 0 atom stereocenters. The lowest BCUT2D eigenvalue weighted by Crippen LogP contribution is -2.03. The van der Waals surface area contributed by atoms with Gasteiger partial charge in [-0.05, 0) is 54.4 Å². The normalized spacial score (nSPS) is 10.6. The van der Waals surface area contributed by atoms with Gasteiger partial charge in [0, 0.05) is 10.6 Å². The van der Waals surface area contributed by atoms with Crippen molar-refractivity contribution in [3.8, 4) is 5.75 Å². The Morgan fingerprint density at radius 1 is 0.862 bits per heavy atom. The number of carbonyl (C=O) groups is 1. The molecule has 7 nitrogen and oxygen atoms in total. The van der Waals surface area contributed by atoms with Gasteiger partial charge in [-0.15, -0.1) is 0 Å². The Balaban J connectivity index is 1.70. The van der Waals surface area contributed by atoms with E-state index in [1.807, 2.05) is 54.6 Å². The molecule has 1 heterocycles. The number of aromatic carboxylic acids is 1. The van der Waals surface area contributed by atoms with Gasteiger partial charge in [-0.2, -0.15) is 0 Å². The van der Waals surface area contributed by atoms with Gasteiger partial charge in [-0.1, -0.05) is 30.3 Å². The second-order valence-corrected chi connectivity index (χ2v) is 6.97. The molecule has 8 heteroatoms. The molecule has 0 aliphatic carbocycles. The molecule has 29 heavy (non-hydrogen) atoms. The van der Waals surface area contributed by atoms with E-state index in [4.69, 9.17) is 0 Å². The summed E-state index contributed by atoms with van der Waals surface area (Å²) in [6, 6.07) is 21.5. The molecule has 4 N–H and O–H groups in total. The van der Waals surface area contributed by atoms with Crippen molar-refractivity contribution in [1.29, 1.82) is 0 Å². The van der Waals surface area contributed by atoms with Crippen molar-refractivity contribution in [2.24, 2.45) is 0 Å². The summed E-state index contributed by atoms with van der Waals surface area (Å²) in [6.07, 6.45) is 0. The third kappa shape index (κ3) is 4.22. The number of anilines is 3. The van der Waals surface area contributed by atoms with Gasteiger partial charge in [-0.3, -0.25) is 0 Å². The summed E-state index contributed by atoms with van der Waals surface area (Å²) < 4.78 is 3.21. The van der Waals surface area contributed by atoms with E-state index >= 15 is 0 Å². The molecule has 0 spiro atoms. The summed E-state index contributed by atoms with van der Waals surface area (Å²) in [5.41, 5.74) is 1.70. The van der Waals surface area contributed by atoms with Crippen LogP contribution in [-0.4, -0.2) is 26.2 Å². The van der Waals surface area contributed by atoms with Crippen molar-refractivity contribution in [2.75, 3.05) is 10.0 Å². The van der Waals surface area contributed by atoms with Crippen LogP contribution in [0.25, 0.3) is 11.0 Å². The number of carboxylic acid groups (broad SMARTS) is 1. The Morgan fingerprint density at radius 3 is 2.21 bits per heavy atom. The van der Waals surface area contributed by atoms with Crippen LogP contribution >= 0.6 is 11.9 Å². The molecule has 3 aromatic carbocycles. The number of hydrogen-bond donors (Lipinski definition) is 4. The number of hydrogen-bond acceptors (Lipinski definition) is 7. The fraction of sp³-hybridized carbons (Fsp3) is 0. The van der Waals surface area contributed by atoms with Gasteiger partial charge in [0.05, 0.1) is 11.0 Å². The van der Waals surface area contributed by atoms with E-state index in [-0.39, 0.29) is 11.3 Å². The zero-order valence-electron chi connectivity index (χ0n) is 15.0. The number of aromatic nitrogens is 2. The average molecular weight is 404 g/mol. The van der Waals surface area contributed by atoms with Gasteiger partial charge in [0.15, 0.2) is 11.6 Å². The molecule has 0 aliphatic rings. The maximum absolute atomic E-state index is 11.3. The van der Waals surface area contributed by atoms with Gasteiger partial charge in [0.25, 0.3) is 0 Å². The fourth-order valence-corrected chi connectivity index (χ4v) is 3.33. The van der Waals surface area contributed by atoms with Crippen molar-refractivity contribution in [1.82, 2.24) is 9.97 Å². The van der Waals surface area contributed by atoms with E-state index in [1.54, 1.807) is 6.07 Å². The summed E-state index contributed by atoms with van der Waals surface area (Å²) in [4.78, 5) is 21.6. The molecule has 0 fully saturated rings. The topological polar surface area (TPSA) is 107 Å². The number of carboxylic acids is 1. The van der Waals surface area contributed by atoms with E-state index in [9.17, 15) is 15.0 Å². The van der Waals surface area contributed by atoms with Crippen LogP contribution in [-0.2, 0) is 0 Å². The van der Waals surface area contributed by atoms with Crippen molar-refractivity contribution in [3.05, 3.63) is 78.4 Å². The van der Waals surface area contributed by atoms with Crippen LogP contribution in [0.15, 0.2) is 77.7 Å². The maximum atomic E-state index is 11.3. The summed E-state index contributed by atoms with van der Waals surface area (Å²) in [7, 11) is 0. The van der Waals surface area contributed by atoms with Crippen molar-refractivity contribution in [3.63, 3.8) is 0 Å². The van der Waals surface area contributed by atoms with Gasteiger partial charge < -0.3 is 20.3 Å². The molecule has 0 radical (unpaired) electrons. The van der Waals surface area contributed by atoms with Gasteiger partial charge >= 0.3 is 5.97 Å². The van der Waals surface area contributed by atoms with Crippen LogP contribution in [0.2, 0.25) is 0 Å². The highest BCUT2D eigenvalue weighted by Gasteiger charge is 2.13. The molecule has 0 saturated carbocycles. The lowest BCUT2D eigenvalue weighted by Gasteiger charge is -2.13. The number of phenols is 1. The molecule has 0 bridgehead atoms. The lowest BCUT2D eigenvalue weighted by molar-refractivity contribution is 0.0694. The molecule has 0 aliphatic heterocycles. The van der Waals surface area contributed by atoms with Crippen LogP contribution in [0.5, 0.6) is 5.75 Å². The van der Waals surface area contributed by atoms with Gasteiger partial charge in [0.1, 0.15) is 11.3 Å². The van der Waals surface area contributed by atoms with E-state index in [0.717, 1.165) is 10.4 Å². The lowest BCUT2D eigenvalue weighted by atomic mass is 10.2. The summed E-state index contributed by atoms with van der Waals surface area (Å²) >= 11 is 1.39. The molecular weight excluding hydrogens is 388 g/mol. The molecular formula is C21H16N4O3S. The zero-order chi connectivity index (χ0) is 20.2. The summed E-state index contributed by atoms with van der Waals surface area (Å²) in [5.74, 6) is -0.573. The minimum Gasteiger partial charge on any atom is -0.507 e. The Hall–Kier alpha value is -3.78. The first-order valence-electron chi connectivity index (χ1n) is 8.68. The Bertz CT molecular complexity index is 1190. The third-order valence-corrected chi connectivity index (χ3v) is 4.87. The number of nitrogens with zero attached hydrogens (tertiary/aromatic N) is 2. The predicted molar refractivity (Wildman–Crippen MR) is 114 cm³/mol. The second kappa shape index (κ2) is 8.07. The highest BCUT2D eigenvalue weighted by atomic mass is 32.2. The van der Waals surface area contributed by atoms with Gasteiger partial charge in [-0.25, -0.2) is 14.8 Å². The van der Waals surface area contributed by atoms with E-state index in [2.05, 4.69) is 20.0 Å².